The zero-order chi connectivity index (χ0) is 10.7. The molecule has 1 fully saturated rings. The first kappa shape index (κ1) is 10.7. The molecule has 0 amide bonds. The number of rotatable bonds is 6. The second kappa shape index (κ2) is 4.81. The van der Waals surface area contributed by atoms with E-state index in [1.807, 2.05) is 12.1 Å². The number of aliphatic hydroxyl groups excluding tert-OH is 1. The van der Waals surface area contributed by atoms with Crippen molar-refractivity contribution in [3.63, 3.8) is 0 Å². The van der Waals surface area contributed by atoms with Crippen molar-refractivity contribution in [1.82, 2.24) is 4.90 Å². The van der Waals surface area contributed by atoms with E-state index >= 15 is 0 Å². The van der Waals surface area contributed by atoms with Crippen LogP contribution in [0.5, 0.6) is 0 Å². The third kappa shape index (κ3) is 2.83. The van der Waals surface area contributed by atoms with Gasteiger partial charge in [0, 0.05) is 6.04 Å². The van der Waals surface area contributed by atoms with Crippen molar-refractivity contribution in [1.29, 1.82) is 0 Å². The van der Waals surface area contributed by atoms with Crippen LogP contribution >= 0.6 is 0 Å². The second-order valence-corrected chi connectivity index (χ2v) is 4.23. The van der Waals surface area contributed by atoms with E-state index in [0.717, 1.165) is 24.9 Å². The molecule has 1 aromatic heterocycles. The molecule has 3 nitrogen and oxygen atoms in total. The Balaban J connectivity index is 1.92. The van der Waals surface area contributed by atoms with Crippen LogP contribution in [0, 0.1) is 0 Å². The summed E-state index contributed by atoms with van der Waals surface area (Å²) in [5.41, 5.74) is 0. The summed E-state index contributed by atoms with van der Waals surface area (Å²) in [5.74, 6) is 1.64. The summed E-state index contributed by atoms with van der Waals surface area (Å²) in [6.07, 6.45) is 3.84. The molecule has 1 aromatic rings. The van der Waals surface area contributed by atoms with Crippen LogP contribution in [-0.4, -0.2) is 22.6 Å². The lowest BCUT2D eigenvalue weighted by Gasteiger charge is -2.19. The first-order chi connectivity index (χ1) is 7.33. The van der Waals surface area contributed by atoms with Crippen LogP contribution < -0.4 is 0 Å². The molecule has 0 atom stereocenters. The van der Waals surface area contributed by atoms with Crippen LogP contribution in [0.2, 0.25) is 0 Å². The minimum atomic E-state index is -0.00277. The maximum absolute atomic E-state index is 8.90. The highest BCUT2D eigenvalue weighted by atomic mass is 16.4. The van der Waals surface area contributed by atoms with E-state index in [1.165, 1.54) is 19.3 Å². The van der Waals surface area contributed by atoms with Gasteiger partial charge in [-0.25, -0.2) is 0 Å². The van der Waals surface area contributed by atoms with E-state index in [4.69, 9.17) is 9.52 Å². The van der Waals surface area contributed by atoms with Gasteiger partial charge in [0.25, 0.3) is 0 Å². The summed E-state index contributed by atoms with van der Waals surface area (Å²) in [7, 11) is 0. The minimum Gasteiger partial charge on any atom is -0.462 e. The zero-order valence-electron chi connectivity index (χ0n) is 9.28. The fourth-order valence-corrected chi connectivity index (χ4v) is 1.91. The van der Waals surface area contributed by atoms with Gasteiger partial charge in [0.1, 0.15) is 18.1 Å². The van der Waals surface area contributed by atoms with Gasteiger partial charge in [-0.15, -0.1) is 0 Å². The lowest BCUT2D eigenvalue weighted by molar-refractivity contribution is 0.213. The van der Waals surface area contributed by atoms with Gasteiger partial charge in [-0.2, -0.15) is 0 Å². The molecule has 1 aliphatic carbocycles. The number of nitrogens with zero attached hydrogens (tertiary/aromatic N) is 1. The predicted octanol–water partition coefficient (Wildman–Crippen LogP) is 2.15. The molecule has 0 radical (unpaired) electrons. The third-order valence-corrected chi connectivity index (χ3v) is 2.81. The first-order valence-electron chi connectivity index (χ1n) is 5.76. The molecule has 0 spiro atoms. The largest absolute Gasteiger partial charge is 0.462 e. The van der Waals surface area contributed by atoms with Gasteiger partial charge < -0.3 is 9.52 Å². The molecule has 1 heterocycles. The fraction of sp³-hybridized carbons (Fsp3) is 0.667. The van der Waals surface area contributed by atoms with Crippen molar-refractivity contribution in [2.75, 3.05) is 6.54 Å². The van der Waals surface area contributed by atoms with Gasteiger partial charge in [-0.05, 0) is 37.9 Å². The van der Waals surface area contributed by atoms with Gasteiger partial charge in [0.05, 0.1) is 6.54 Å². The Bertz CT molecular complexity index is 304. The standard InChI is InChI=1S/C12H19NO2/c1-2-7-13(10-3-4-10)8-11-5-6-12(9-14)15-11/h5-6,10,14H,2-4,7-9H2,1H3. The lowest BCUT2D eigenvalue weighted by Crippen LogP contribution is -2.26. The van der Waals surface area contributed by atoms with E-state index in [0.29, 0.717) is 5.76 Å². The molecule has 1 aliphatic rings. The smallest absolute Gasteiger partial charge is 0.129 e. The van der Waals surface area contributed by atoms with Crippen LogP contribution in [0.15, 0.2) is 16.5 Å². The van der Waals surface area contributed by atoms with Crippen LogP contribution in [-0.2, 0) is 13.2 Å². The Morgan fingerprint density at radius 1 is 1.40 bits per heavy atom. The van der Waals surface area contributed by atoms with Crippen molar-refractivity contribution in [3.8, 4) is 0 Å². The molecule has 84 valence electrons. The number of furan rings is 1. The van der Waals surface area contributed by atoms with Crippen LogP contribution in [0.4, 0.5) is 0 Å². The van der Waals surface area contributed by atoms with Crippen LogP contribution in [0.3, 0.4) is 0 Å². The molecular weight excluding hydrogens is 190 g/mol. The van der Waals surface area contributed by atoms with Gasteiger partial charge in [-0.3, -0.25) is 4.90 Å². The highest BCUT2D eigenvalue weighted by Gasteiger charge is 2.28. The molecule has 0 bridgehead atoms. The molecule has 3 heteroatoms. The summed E-state index contributed by atoms with van der Waals surface area (Å²) in [6.45, 7) is 4.23. The zero-order valence-corrected chi connectivity index (χ0v) is 9.28. The molecule has 1 N–H and O–H groups in total. The Morgan fingerprint density at radius 3 is 2.67 bits per heavy atom. The van der Waals surface area contributed by atoms with Gasteiger partial charge in [0.15, 0.2) is 0 Å². The minimum absolute atomic E-state index is 0.00277. The highest BCUT2D eigenvalue weighted by molar-refractivity contribution is 5.06. The van der Waals surface area contributed by atoms with Gasteiger partial charge in [-0.1, -0.05) is 6.92 Å². The van der Waals surface area contributed by atoms with E-state index in [-0.39, 0.29) is 6.61 Å². The van der Waals surface area contributed by atoms with Crippen molar-refractivity contribution in [3.05, 3.63) is 23.7 Å². The van der Waals surface area contributed by atoms with Crippen LogP contribution in [0.1, 0.15) is 37.7 Å². The van der Waals surface area contributed by atoms with Crippen molar-refractivity contribution in [2.24, 2.45) is 0 Å². The van der Waals surface area contributed by atoms with Crippen molar-refractivity contribution < 1.29 is 9.52 Å². The Labute approximate surface area is 90.7 Å². The average Bonchev–Trinajstić information content (AvgIpc) is 2.99. The van der Waals surface area contributed by atoms with Gasteiger partial charge >= 0.3 is 0 Å². The number of hydrogen-bond acceptors (Lipinski definition) is 3. The Morgan fingerprint density at radius 2 is 2.13 bits per heavy atom. The average molecular weight is 209 g/mol. The second-order valence-electron chi connectivity index (χ2n) is 4.23. The molecule has 15 heavy (non-hydrogen) atoms. The normalized spacial score (nSPS) is 16.2. The SMILES string of the molecule is CCCN(Cc1ccc(CO)o1)C1CC1. The molecule has 0 saturated heterocycles. The lowest BCUT2D eigenvalue weighted by atomic mass is 10.3. The Kier molecular flexibility index (Phi) is 3.44. The summed E-state index contributed by atoms with van der Waals surface area (Å²) >= 11 is 0. The predicted molar refractivity (Wildman–Crippen MR) is 58.4 cm³/mol. The maximum atomic E-state index is 8.90. The Hall–Kier alpha value is -0.800. The molecule has 1 saturated carbocycles. The number of aliphatic hydroxyl groups is 1. The van der Waals surface area contributed by atoms with E-state index in [9.17, 15) is 0 Å². The molecule has 0 aromatic carbocycles. The van der Waals surface area contributed by atoms with Gasteiger partial charge in [0.2, 0.25) is 0 Å². The van der Waals surface area contributed by atoms with E-state index in [1.54, 1.807) is 0 Å². The molecular formula is C12H19NO2. The maximum Gasteiger partial charge on any atom is 0.129 e. The molecule has 0 aliphatic heterocycles. The summed E-state index contributed by atoms with van der Waals surface area (Å²) in [5, 5.41) is 8.90. The topological polar surface area (TPSA) is 36.6 Å². The summed E-state index contributed by atoms with van der Waals surface area (Å²) < 4.78 is 5.50. The fourth-order valence-electron chi connectivity index (χ4n) is 1.91. The van der Waals surface area contributed by atoms with Crippen LogP contribution in [0.25, 0.3) is 0 Å². The summed E-state index contributed by atoms with van der Waals surface area (Å²) in [6, 6.07) is 4.59. The molecule has 0 unspecified atom stereocenters. The quantitative estimate of drug-likeness (QED) is 0.780. The first-order valence-corrected chi connectivity index (χ1v) is 5.76. The monoisotopic (exact) mass is 209 g/mol. The third-order valence-electron chi connectivity index (χ3n) is 2.81. The van der Waals surface area contributed by atoms with E-state index in [2.05, 4.69) is 11.8 Å². The van der Waals surface area contributed by atoms with Crippen molar-refractivity contribution in [2.45, 2.75) is 45.4 Å². The molecule has 2 rings (SSSR count). The summed E-state index contributed by atoms with van der Waals surface area (Å²) in [4.78, 5) is 2.47. The highest BCUT2D eigenvalue weighted by Crippen LogP contribution is 2.28. The number of hydrogen-bond donors (Lipinski definition) is 1. The van der Waals surface area contributed by atoms with E-state index < -0.39 is 0 Å². The van der Waals surface area contributed by atoms with Crippen molar-refractivity contribution >= 4 is 0 Å².